The van der Waals surface area contributed by atoms with Crippen LogP contribution in [-0.2, 0) is 4.74 Å². The third-order valence-corrected chi connectivity index (χ3v) is 1.72. The summed E-state index contributed by atoms with van der Waals surface area (Å²) in [7, 11) is 1.52. The number of carboxylic acids is 1. The van der Waals surface area contributed by atoms with Crippen molar-refractivity contribution in [1.29, 1.82) is 0 Å². The maximum atomic E-state index is 12.9. The van der Waals surface area contributed by atoms with Gasteiger partial charge in [-0.15, -0.1) is 0 Å². The van der Waals surface area contributed by atoms with Crippen LogP contribution in [-0.4, -0.2) is 31.4 Å². The van der Waals surface area contributed by atoms with E-state index in [2.05, 4.69) is 0 Å². The maximum absolute atomic E-state index is 12.9. The van der Waals surface area contributed by atoms with E-state index < -0.39 is 17.3 Å². The Morgan fingerprint density at radius 2 is 2.20 bits per heavy atom. The van der Waals surface area contributed by atoms with Crippen molar-refractivity contribution in [3.63, 3.8) is 0 Å². The van der Waals surface area contributed by atoms with Crippen molar-refractivity contribution < 1.29 is 23.8 Å². The summed E-state index contributed by atoms with van der Waals surface area (Å²) >= 11 is 0. The number of hydrogen-bond donors (Lipinski definition) is 1. The van der Waals surface area contributed by atoms with Crippen LogP contribution >= 0.6 is 0 Å². The molecule has 0 amide bonds. The van der Waals surface area contributed by atoms with E-state index in [1.54, 1.807) is 0 Å². The van der Waals surface area contributed by atoms with Crippen LogP contribution in [0.3, 0.4) is 0 Å². The van der Waals surface area contributed by atoms with E-state index in [4.69, 9.17) is 14.6 Å². The Hall–Kier alpha value is -1.62. The third-order valence-electron chi connectivity index (χ3n) is 1.72. The number of hydrogen-bond acceptors (Lipinski definition) is 3. The van der Waals surface area contributed by atoms with Gasteiger partial charge in [-0.1, -0.05) is 0 Å². The summed E-state index contributed by atoms with van der Waals surface area (Å²) in [6, 6.07) is 3.58. The molecule has 1 aromatic rings. The first-order valence-electron chi connectivity index (χ1n) is 4.29. The van der Waals surface area contributed by atoms with Gasteiger partial charge in [0.25, 0.3) is 0 Å². The summed E-state index contributed by atoms with van der Waals surface area (Å²) in [4.78, 5) is 10.6. The van der Waals surface area contributed by atoms with Crippen LogP contribution in [0.15, 0.2) is 18.2 Å². The number of ether oxygens (including phenoxy) is 2. The van der Waals surface area contributed by atoms with Gasteiger partial charge in [-0.2, -0.15) is 0 Å². The SMILES string of the molecule is COCCOc1ccc(F)c(C(=O)O)c1. The summed E-state index contributed by atoms with van der Waals surface area (Å²) in [6.07, 6.45) is 0. The monoisotopic (exact) mass is 214 g/mol. The lowest BCUT2D eigenvalue weighted by molar-refractivity contribution is 0.0691. The number of methoxy groups -OCH3 is 1. The average Bonchev–Trinajstić information content (AvgIpc) is 2.20. The number of aromatic carboxylic acids is 1. The number of halogens is 1. The molecule has 0 aliphatic rings. The molecule has 0 atom stereocenters. The third kappa shape index (κ3) is 3.21. The molecule has 1 N–H and O–H groups in total. The highest BCUT2D eigenvalue weighted by atomic mass is 19.1. The first-order chi connectivity index (χ1) is 7.15. The standard InChI is InChI=1S/C10H11FO4/c1-14-4-5-15-7-2-3-9(11)8(6-7)10(12)13/h2-3,6H,4-5H2,1H3,(H,12,13). The molecular weight excluding hydrogens is 203 g/mol. The molecular formula is C10H11FO4. The van der Waals surface area contributed by atoms with Crippen molar-refractivity contribution >= 4 is 5.97 Å². The number of rotatable bonds is 5. The van der Waals surface area contributed by atoms with Gasteiger partial charge < -0.3 is 14.6 Å². The summed E-state index contributed by atoms with van der Waals surface area (Å²) < 4.78 is 22.8. The van der Waals surface area contributed by atoms with Crippen LogP contribution in [0, 0.1) is 5.82 Å². The Morgan fingerprint density at radius 1 is 1.47 bits per heavy atom. The van der Waals surface area contributed by atoms with Crippen LogP contribution in [0.1, 0.15) is 10.4 Å². The normalized spacial score (nSPS) is 10.0. The van der Waals surface area contributed by atoms with Crippen molar-refractivity contribution in [3.8, 4) is 5.75 Å². The zero-order valence-electron chi connectivity index (χ0n) is 8.20. The highest BCUT2D eigenvalue weighted by Crippen LogP contribution is 2.16. The van der Waals surface area contributed by atoms with Gasteiger partial charge in [0, 0.05) is 7.11 Å². The zero-order chi connectivity index (χ0) is 11.3. The predicted molar refractivity (Wildman–Crippen MR) is 50.7 cm³/mol. The van der Waals surface area contributed by atoms with Crippen molar-refractivity contribution in [1.82, 2.24) is 0 Å². The van der Waals surface area contributed by atoms with Gasteiger partial charge in [-0.05, 0) is 18.2 Å². The van der Waals surface area contributed by atoms with Gasteiger partial charge in [-0.25, -0.2) is 9.18 Å². The fourth-order valence-electron chi connectivity index (χ4n) is 1.00. The molecule has 0 aromatic heterocycles. The lowest BCUT2D eigenvalue weighted by Crippen LogP contribution is -2.06. The summed E-state index contributed by atoms with van der Waals surface area (Å²) in [5.41, 5.74) is -0.398. The molecule has 4 nitrogen and oxygen atoms in total. The van der Waals surface area contributed by atoms with Gasteiger partial charge in [0.05, 0.1) is 12.2 Å². The van der Waals surface area contributed by atoms with Crippen LogP contribution in [0.25, 0.3) is 0 Å². The lowest BCUT2D eigenvalue weighted by atomic mass is 10.2. The van der Waals surface area contributed by atoms with E-state index in [-0.39, 0.29) is 0 Å². The highest BCUT2D eigenvalue weighted by molar-refractivity contribution is 5.88. The second-order valence-electron chi connectivity index (χ2n) is 2.79. The van der Waals surface area contributed by atoms with E-state index in [0.29, 0.717) is 19.0 Å². The van der Waals surface area contributed by atoms with Gasteiger partial charge in [0.2, 0.25) is 0 Å². The van der Waals surface area contributed by atoms with Crippen molar-refractivity contribution in [2.24, 2.45) is 0 Å². The molecule has 1 rings (SSSR count). The Bertz CT molecular complexity index is 351. The molecule has 0 bridgehead atoms. The molecule has 0 fully saturated rings. The zero-order valence-corrected chi connectivity index (χ0v) is 8.20. The van der Waals surface area contributed by atoms with Gasteiger partial charge in [0.1, 0.15) is 18.2 Å². The van der Waals surface area contributed by atoms with Crippen molar-refractivity contribution in [3.05, 3.63) is 29.6 Å². The summed E-state index contributed by atoms with van der Waals surface area (Å²) in [6.45, 7) is 0.682. The van der Waals surface area contributed by atoms with Crippen LogP contribution < -0.4 is 4.74 Å². The Morgan fingerprint density at radius 3 is 2.80 bits per heavy atom. The number of carboxylic acid groups (broad SMARTS) is 1. The Balaban J connectivity index is 2.74. The van der Waals surface area contributed by atoms with Gasteiger partial charge in [-0.3, -0.25) is 0 Å². The Kier molecular flexibility index (Phi) is 4.05. The molecule has 82 valence electrons. The minimum Gasteiger partial charge on any atom is -0.491 e. The first-order valence-corrected chi connectivity index (χ1v) is 4.29. The molecule has 0 radical (unpaired) electrons. The minimum absolute atomic E-state index is 0.293. The summed E-state index contributed by atoms with van der Waals surface area (Å²) in [5, 5.41) is 8.64. The predicted octanol–water partition coefficient (Wildman–Crippen LogP) is 1.55. The van der Waals surface area contributed by atoms with Crippen LogP contribution in [0.2, 0.25) is 0 Å². The first kappa shape index (κ1) is 11.5. The quantitative estimate of drug-likeness (QED) is 0.755. The second kappa shape index (κ2) is 5.31. The number of carbonyl (C=O) groups is 1. The number of benzene rings is 1. The second-order valence-corrected chi connectivity index (χ2v) is 2.79. The molecule has 0 unspecified atom stereocenters. The fraction of sp³-hybridized carbons (Fsp3) is 0.300. The largest absolute Gasteiger partial charge is 0.491 e. The molecule has 0 spiro atoms. The molecule has 0 aliphatic heterocycles. The van der Waals surface area contributed by atoms with E-state index in [1.165, 1.54) is 13.2 Å². The van der Waals surface area contributed by atoms with Crippen molar-refractivity contribution in [2.45, 2.75) is 0 Å². The van der Waals surface area contributed by atoms with E-state index in [0.717, 1.165) is 12.1 Å². The fourth-order valence-corrected chi connectivity index (χ4v) is 1.00. The molecule has 0 saturated heterocycles. The van der Waals surface area contributed by atoms with E-state index >= 15 is 0 Å². The van der Waals surface area contributed by atoms with E-state index in [1.807, 2.05) is 0 Å². The topological polar surface area (TPSA) is 55.8 Å². The van der Waals surface area contributed by atoms with Crippen molar-refractivity contribution in [2.75, 3.05) is 20.3 Å². The average molecular weight is 214 g/mol. The van der Waals surface area contributed by atoms with Gasteiger partial charge in [0.15, 0.2) is 0 Å². The Labute approximate surface area is 86.2 Å². The molecule has 1 aromatic carbocycles. The summed E-state index contributed by atoms with van der Waals surface area (Å²) in [5.74, 6) is -1.78. The molecule has 15 heavy (non-hydrogen) atoms. The molecule has 0 aliphatic carbocycles. The van der Waals surface area contributed by atoms with E-state index in [9.17, 15) is 9.18 Å². The van der Waals surface area contributed by atoms with Crippen LogP contribution in [0.4, 0.5) is 4.39 Å². The smallest absolute Gasteiger partial charge is 0.338 e. The maximum Gasteiger partial charge on any atom is 0.338 e. The van der Waals surface area contributed by atoms with Crippen LogP contribution in [0.5, 0.6) is 5.75 Å². The van der Waals surface area contributed by atoms with Gasteiger partial charge >= 0.3 is 5.97 Å². The molecule has 0 heterocycles. The molecule has 0 saturated carbocycles. The minimum atomic E-state index is -1.32. The highest BCUT2D eigenvalue weighted by Gasteiger charge is 2.10. The molecule has 5 heteroatoms. The lowest BCUT2D eigenvalue weighted by Gasteiger charge is -2.06.